The summed E-state index contributed by atoms with van der Waals surface area (Å²) in [6.07, 6.45) is 3.73. The van der Waals surface area contributed by atoms with Gasteiger partial charge in [-0.15, -0.1) is 0 Å². The van der Waals surface area contributed by atoms with Crippen LogP contribution in [0.1, 0.15) is 25.7 Å². The van der Waals surface area contributed by atoms with Crippen LogP contribution >= 0.6 is 12.6 Å². The van der Waals surface area contributed by atoms with Gasteiger partial charge in [-0.3, -0.25) is 9.59 Å². The molecule has 0 aromatic carbocycles. The zero-order chi connectivity index (χ0) is 11.1. The minimum atomic E-state index is -0.102. The number of nitrogens with zero attached hydrogens (tertiary/aromatic N) is 1. The number of nitrogens with one attached hydrogen (secondary N) is 1. The second kappa shape index (κ2) is 6.71. The Kier molecular flexibility index (Phi) is 5.53. The highest BCUT2D eigenvalue weighted by Crippen LogP contribution is 2.08. The van der Waals surface area contributed by atoms with E-state index in [9.17, 15) is 9.59 Å². The molecule has 0 unspecified atom stereocenters. The van der Waals surface area contributed by atoms with E-state index < -0.39 is 0 Å². The predicted molar refractivity (Wildman–Crippen MR) is 61.9 cm³/mol. The van der Waals surface area contributed by atoms with Gasteiger partial charge in [-0.05, 0) is 25.0 Å². The lowest BCUT2D eigenvalue weighted by Crippen LogP contribution is -2.42. The third-order valence-electron chi connectivity index (χ3n) is 2.48. The summed E-state index contributed by atoms with van der Waals surface area (Å²) in [5, 5.41) is 2.60. The van der Waals surface area contributed by atoms with Gasteiger partial charge in [0, 0.05) is 19.5 Å². The standard InChI is InChI=1S/C10H18N2O2S/c13-9(4-7-15)11-8-10(14)12-5-2-1-3-6-12/h15H,1-8H2,(H,11,13). The SMILES string of the molecule is O=C(CCS)NCC(=O)N1CCCCC1. The summed E-state index contributed by atoms with van der Waals surface area (Å²) in [7, 11) is 0. The molecule has 1 fully saturated rings. The van der Waals surface area contributed by atoms with Crippen LogP contribution in [-0.4, -0.2) is 42.1 Å². The third-order valence-corrected chi connectivity index (χ3v) is 2.71. The molecule has 0 atom stereocenters. The van der Waals surface area contributed by atoms with Gasteiger partial charge in [-0.1, -0.05) is 0 Å². The fourth-order valence-corrected chi connectivity index (χ4v) is 1.82. The van der Waals surface area contributed by atoms with E-state index >= 15 is 0 Å². The van der Waals surface area contributed by atoms with Crippen molar-refractivity contribution in [3.05, 3.63) is 0 Å². The monoisotopic (exact) mass is 230 g/mol. The van der Waals surface area contributed by atoms with Crippen molar-refractivity contribution in [2.75, 3.05) is 25.4 Å². The molecule has 0 spiro atoms. The molecular formula is C10H18N2O2S. The number of likely N-dealkylation sites (tertiary alicyclic amines) is 1. The summed E-state index contributed by atoms with van der Waals surface area (Å²) in [6, 6.07) is 0. The maximum absolute atomic E-state index is 11.6. The molecule has 4 nitrogen and oxygen atoms in total. The van der Waals surface area contributed by atoms with E-state index in [1.54, 1.807) is 0 Å². The highest BCUT2D eigenvalue weighted by molar-refractivity contribution is 7.80. The lowest BCUT2D eigenvalue weighted by atomic mass is 10.1. The van der Waals surface area contributed by atoms with Crippen molar-refractivity contribution in [1.29, 1.82) is 0 Å². The highest BCUT2D eigenvalue weighted by atomic mass is 32.1. The molecule has 0 radical (unpaired) electrons. The number of hydrogen-bond donors (Lipinski definition) is 2. The topological polar surface area (TPSA) is 49.4 Å². The number of carbonyl (C=O) groups excluding carboxylic acids is 2. The molecule has 1 N–H and O–H groups in total. The maximum atomic E-state index is 11.6. The lowest BCUT2D eigenvalue weighted by molar-refractivity contribution is -0.133. The number of hydrogen-bond acceptors (Lipinski definition) is 3. The summed E-state index contributed by atoms with van der Waals surface area (Å²) in [6.45, 7) is 1.80. The fraction of sp³-hybridized carbons (Fsp3) is 0.800. The fourth-order valence-electron chi connectivity index (χ4n) is 1.62. The molecule has 1 saturated heterocycles. The Balaban J connectivity index is 2.19. The lowest BCUT2D eigenvalue weighted by Gasteiger charge is -2.26. The Morgan fingerprint density at radius 1 is 1.20 bits per heavy atom. The van der Waals surface area contributed by atoms with E-state index in [1.165, 1.54) is 6.42 Å². The summed E-state index contributed by atoms with van der Waals surface area (Å²) in [5.41, 5.74) is 0. The molecule has 2 amide bonds. The van der Waals surface area contributed by atoms with E-state index in [4.69, 9.17) is 0 Å². The summed E-state index contributed by atoms with van der Waals surface area (Å²) < 4.78 is 0. The van der Waals surface area contributed by atoms with Crippen LogP contribution in [0.5, 0.6) is 0 Å². The van der Waals surface area contributed by atoms with Crippen LogP contribution in [0, 0.1) is 0 Å². The third kappa shape index (κ3) is 4.55. The van der Waals surface area contributed by atoms with Crippen molar-refractivity contribution in [3.63, 3.8) is 0 Å². The second-order valence-corrected chi connectivity index (χ2v) is 4.14. The molecule has 5 heteroatoms. The van der Waals surface area contributed by atoms with Crippen LogP contribution in [0.25, 0.3) is 0 Å². The first-order chi connectivity index (χ1) is 7.24. The zero-order valence-corrected chi connectivity index (χ0v) is 9.76. The van der Waals surface area contributed by atoms with Crippen molar-refractivity contribution in [1.82, 2.24) is 10.2 Å². The zero-order valence-electron chi connectivity index (χ0n) is 8.87. The van der Waals surface area contributed by atoms with Gasteiger partial charge in [0.25, 0.3) is 0 Å². The van der Waals surface area contributed by atoms with Crippen molar-refractivity contribution in [2.45, 2.75) is 25.7 Å². The van der Waals surface area contributed by atoms with Crippen LogP contribution in [0.2, 0.25) is 0 Å². The van der Waals surface area contributed by atoms with Crippen LogP contribution in [0.15, 0.2) is 0 Å². The van der Waals surface area contributed by atoms with Crippen LogP contribution in [0.4, 0.5) is 0 Å². The van der Waals surface area contributed by atoms with Crippen LogP contribution in [-0.2, 0) is 9.59 Å². The first kappa shape index (κ1) is 12.4. The van der Waals surface area contributed by atoms with E-state index in [-0.39, 0.29) is 18.4 Å². The van der Waals surface area contributed by atoms with E-state index in [1.807, 2.05) is 4.90 Å². The van der Waals surface area contributed by atoms with Gasteiger partial charge >= 0.3 is 0 Å². The first-order valence-electron chi connectivity index (χ1n) is 5.39. The molecule has 1 rings (SSSR count). The number of rotatable bonds is 4. The minimum absolute atomic E-state index is 0.0298. The van der Waals surface area contributed by atoms with E-state index in [0.29, 0.717) is 12.2 Å². The largest absolute Gasteiger partial charge is 0.347 e. The minimum Gasteiger partial charge on any atom is -0.347 e. The average molecular weight is 230 g/mol. The van der Waals surface area contributed by atoms with Crippen LogP contribution < -0.4 is 5.32 Å². The van der Waals surface area contributed by atoms with Gasteiger partial charge in [0.05, 0.1) is 6.54 Å². The van der Waals surface area contributed by atoms with Gasteiger partial charge in [0.2, 0.25) is 11.8 Å². The van der Waals surface area contributed by atoms with Crippen LogP contribution in [0.3, 0.4) is 0 Å². The van der Waals surface area contributed by atoms with Gasteiger partial charge in [-0.2, -0.15) is 12.6 Å². The second-order valence-electron chi connectivity index (χ2n) is 3.69. The molecule has 0 saturated carbocycles. The molecule has 1 heterocycles. The Labute approximate surface area is 95.8 Å². The van der Waals surface area contributed by atoms with E-state index in [0.717, 1.165) is 25.9 Å². The van der Waals surface area contributed by atoms with Crippen molar-refractivity contribution < 1.29 is 9.59 Å². The molecular weight excluding hydrogens is 212 g/mol. The molecule has 0 aliphatic carbocycles. The number of carbonyl (C=O) groups is 2. The van der Waals surface area contributed by atoms with Gasteiger partial charge < -0.3 is 10.2 Å². The van der Waals surface area contributed by atoms with Crippen molar-refractivity contribution in [3.8, 4) is 0 Å². The Morgan fingerprint density at radius 2 is 1.87 bits per heavy atom. The molecule has 0 bridgehead atoms. The average Bonchev–Trinajstić information content (AvgIpc) is 2.27. The highest BCUT2D eigenvalue weighted by Gasteiger charge is 2.16. The molecule has 1 aliphatic rings. The molecule has 15 heavy (non-hydrogen) atoms. The number of thiol groups is 1. The Bertz CT molecular complexity index is 227. The summed E-state index contributed by atoms with van der Waals surface area (Å²) in [5.74, 6) is 0.446. The molecule has 0 aromatic rings. The normalized spacial score (nSPS) is 16.2. The van der Waals surface area contributed by atoms with Gasteiger partial charge in [0.15, 0.2) is 0 Å². The Morgan fingerprint density at radius 3 is 2.47 bits per heavy atom. The van der Waals surface area contributed by atoms with Gasteiger partial charge in [-0.25, -0.2) is 0 Å². The van der Waals surface area contributed by atoms with Crippen molar-refractivity contribution in [2.24, 2.45) is 0 Å². The molecule has 1 aliphatic heterocycles. The quantitative estimate of drug-likeness (QED) is 0.688. The van der Waals surface area contributed by atoms with E-state index in [2.05, 4.69) is 17.9 Å². The number of amides is 2. The molecule has 86 valence electrons. The Hall–Kier alpha value is -0.710. The summed E-state index contributed by atoms with van der Waals surface area (Å²) >= 11 is 3.95. The maximum Gasteiger partial charge on any atom is 0.241 e. The first-order valence-corrected chi connectivity index (χ1v) is 6.02. The predicted octanol–water partition coefficient (Wildman–Crippen LogP) is 0.435. The molecule has 0 aromatic heterocycles. The van der Waals surface area contributed by atoms with Crippen molar-refractivity contribution >= 4 is 24.4 Å². The number of piperidine rings is 1. The smallest absolute Gasteiger partial charge is 0.241 e. The summed E-state index contributed by atoms with van der Waals surface area (Å²) in [4.78, 5) is 24.5. The van der Waals surface area contributed by atoms with Gasteiger partial charge in [0.1, 0.15) is 0 Å².